The molecule has 1 aliphatic heterocycles. The summed E-state index contributed by atoms with van der Waals surface area (Å²) in [6, 6.07) is 25.2. The second-order valence-electron chi connectivity index (χ2n) is 8.45. The number of amides is 2. The summed E-state index contributed by atoms with van der Waals surface area (Å²) < 4.78 is 1.86. The van der Waals surface area contributed by atoms with E-state index in [2.05, 4.69) is 5.32 Å². The lowest BCUT2D eigenvalue weighted by Gasteiger charge is -2.24. The predicted octanol–water partition coefficient (Wildman–Crippen LogP) is 5.00. The Bertz CT molecular complexity index is 1350. The Hall–Kier alpha value is -3.57. The highest BCUT2D eigenvalue weighted by molar-refractivity contribution is 6.31. The molecule has 1 N–H and O–H groups in total. The number of rotatable bonds is 6. The van der Waals surface area contributed by atoms with E-state index in [9.17, 15) is 9.59 Å². The van der Waals surface area contributed by atoms with Crippen molar-refractivity contribution >= 4 is 34.3 Å². The van der Waals surface area contributed by atoms with E-state index < -0.39 is 0 Å². The topological polar surface area (TPSA) is 54.3 Å². The van der Waals surface area contributed by atoms with Gasteiger partial charge in [0.05, 0.1) is 0 Å². The Morgan fingerprint density at radius 3 is 2.58 bits per heavy atom. The number of nitrogens with zero attached hydrogens (tertiary/aromatic N) is 2. The maximum absolute atomic E-state index is 13.1. The molecule has 3 aromatic carbocycles. The molecule has 1 unspecified atom stereocenters. The van der Waals surface area contributed by atoms with Crippen molar-refractivity contribution in [2.45, 2.75) is 12.5 Å². The van der Waals surface area contributed by atoms with Crippen molar-refractivity contribution in [3.8, 4) is 0 Å². The summed E-state index contributed by atoms with van der Waals surface area (Å²) >= 11 is 6.13. The first-order chi connectivity index (χ1) is 16.0. The number of nitrogens with one attached hydrogen (secondary N) is 1. The Labute approximate surface area is 197 Å². The molecule has 1 aromatic heterocycles. The predicted molar refractivity (Wildman–Crippen MR) is 131 cm³/mol. The smallest absolute Gasteiger partial charge is 0.267 e. The van der Waals surface area contributed by atoms with Gasteiger partial charge in [0.15, 0.2) is 0 Å². The zero-order valence-electron chi connectivity index (χ0n) is 18.3. The molecule has 2 heterocycles. The molecule has 1 atom stereocenters. The third-order valence-corrected chi connectivity index (χ3v) is 6.59. The number of carbonyl (C=O) groups excluding carboxylic acids is 2. The first-order valence-corrected chi connectivity index (χ1v) is 11.3. The number of fused-ring (bicyclic) bond motifs is 2. The van der Waals surface area contributed by atoms with Crippen molar-refractivity contribution in [1.29, 1.82) is 0 Å². The molecular formula is C27H24ClN3O2. The van der Waals surface area contributed by atoms with Gasteiger partial charge in [0.2, 0.25) is 0 Å². The van der Waals surface area contributed by atoms with Gasteiger partial charge in [0, 0.05) is 54.1 Å². The molecular weight excluding hydrogens is 434 g/mol. The van der Waals surface area contributed by atoms with Gasteiger partial charge >= 0.3 is 0 Å². The van der Waals surface area contributed by atoms with Crippen molar-refractivity contribution in [3.63, 3.8) is 0 Å². The molecule has 0 aliphatic carbocycles. The van der Waals surface area contributed by atoms with E-state index in [-0.39, 0.29) is 17.7 Å². The fourth-order valence-corrected chi connectivity index (χ4v) is 4.74. The molecule has 0 saturated heterocycles. The largest absolute Gasteiger partial charge is 0.350 e. The van der Waals surface area contributed by atoms with Crippen molar-refractivity contribution in [3.05, 3.63) is 106 Å². The van der Waals surface area contributed by atoms with Gasteiger partial charge in [-0.25, -0.2) is 0 Å². The van der Waals surface area contributed by atoms with Gasteiger partial charge in [0.25, 0.3) is 11.8 Å². The molecule has 0 saturated carbocycles. The highest BCUT2D eigenvalue weighted by Gasteiger charge is 2.29. The lowest BCUT2D eigenvalue weighted by Crippen LogP contribution is -2.36. The molecule has 166 valence electrons. The molecule has 1 aliphatic rings. The van der Waals surface area contributed by atoms with Gasteiger partial charge in [-0.3, -0.25) is 9.59 Å². The van der Waals surface area contributed by atoms with Crippen LogP contribution in [-0.2, 0) is 13.6 Å². The van der Waals surface area contributed by atoms with Crippen LogP contribution in [0.2, 0.25) is 5.02 Å². The number of hydrogen-bond donors (Lipinski definition) is 1. The Kier molecular flexibility index (Phi) is 5.65. The van der Waals surface area contributed by atoms with E-state index >= 15 is 0 Å². The monoisotopic (exact) mass is 457 g/mol. The van der Waals surface area contributed by atoms with Gasteiger partial charge in [0.1, 0.15) is 5.69 Å². The van der Waals surface area contributed by atoms with Gasteiger partial charge in [-0.15, -0.1) is 0 Å². The first kappa shape index (κ1) is 21.3. The summed E-state index contributed by atoms with van der Waals surface area (Å²) in [7, 11) is 1.86. The van der Waals surface area contributed by atoms with Crippen molar-refractivity contribution < 1.29 is 9.59 Å². The zero-order chi connectivity index (χ0) is 22.9. The number of hydrogen-bond acceptors (Lipinski definition) is 2. The van der Waals surface area contributed by atoms with E-state index in [0.29, 0.717) is 30.4 Å². The van der Waals surface area contributed by atoms with Crippen molar-refractivity contribution in [1.82, 2.24) is 14.8 Å². The number of carbonyl (C=O) groups is 2. The number of aryl methyl sites for hydroxylation is 1. The summed E-state index contributed by atoms with van der Waals surface area (Å²) in [6.45, 7) is 1.55. The van der Waals surface area contributed by atoms with Crippen LogP contribution in [-0.4, -0.2) is 34.4 Å². The van der Waals surface area contributed by atoms with Gasteiger partial charge in [-0.1, -0.05) is 66.2 Å². The van der Waals surface area contributed by atoms with E-state index in [1.165, 1.54) is 0 Å². The van der Waals surface area contributed by atoms with Gasteiger partial charge in [-0.05, 0) is 35.4 Å². The zero-order valence-corrected chi connectivity index (χ0v) is 19.0. The van der Waals surface area contributed by atoms with E-state index in [1.54, 1.807) is 0 Å². The van der Waals surface area contributed by atoms with Crippen LogP contribution in [0.3, 0.4) is 0 Å². The SMILES string of the molecule is Cn1c(C(=O)NCC(CN2Cc3ccccc3C2=O)c2ccccc2)cc2ccc(Cl)cc21. The van der Waals surface area contributed by atoms with Crippen LogP contribution in [0.25, 0.3) is 10.9 Å². The van der Waals surface area contributed by atoms with Crippen molar-refractivity contribution in [2.75, 3.05) is 13.1 Å². The summed E-state index contributed by atoms with van der Waals surface area (Å²) in [5.74, 6) is -0.136. The molecule has 5 rings (SSSR count). The second-order valence-corrected chi connectivity index (χ2v) is 8.89. The molecule has 5 nitrogen and oxygen atoms in total. The molecule has 0 bridgehead atoms. The number of aromatic nitrogens is 1. The highest BCUT2D eigenvalue weighted by Crippen LogP contribution is 2.26. The lowest BCUT2D eigenvalue weighted by molar-refractivity contribution is 0.0767. The normalized spacial score (nSPS) is 13.9. The summed E-state index contributed by atoms with van der Waals surface area (Å²) in [5.41, 5.74) is 4.39. The Morgan fingerprint density at radius 2 is 1.79 bits per heavy atom. The summed E-state index contributed by atoms with van der Waals surface area (Å²) in [5, 5.41) is 4.69. The van der Waals surface area contributed by atoms with Crippen LogP contribution in [0.5, 0.6) is 0 Å². The van der Waals surface area contributed by atoms with Crippen LogP contribution in [0.4, 0.5) is 0 Å². The minimum absolute atomic E-state index is 0.0301. The maximum atomic E-state index is 13.1. The quantitative estimate of drug-likeness (QED) is 0.443. The van der Waals surface area contributed by atoms with Gasteiger partial charge in [-0.2, -0.15) is 0 Å². The van der Waals surface area contributed by atoms with E-state index in [4.69, 9.17) is 11.6 Å². The Balaban J connectivity index is 1.35. The average molecular weight is 458 g/mol. The standard InChI is InChI=1S/C27H24ClN3O2/c1-30-24-14-22(28)12-11-19(24)13-25(30)26(32)29-15-21(18-7-3-2-4-8-18)17-31-16-20-9-5-6-10-23(20)27(31)33/h2-14,21H,15-17H2,1H3,(H,29,32). The molecule has 33 heavy (non-hydrogen) atoms. The molecule has 2 amide bonds. The van der Waals surface area contributed by atoms with Gasteiger partial charge < -0.3 is 14.8 Å². The molecule has 6 heteroatoms. The van der Waals surface area contributed by atoms with Crippen LogP contribution in [0.1, 0.15) is 37.9 Å². The van der Waals surface area contributed by atoms with Crippen LogP contribution < -0.4 is 5.32 Å². The summed E-state index contributed by atoms with van der Waals surface area (Å²) in [6.07, 6.45) is 0. The molecule has 0 fully saturated rings. The fraction of sp³-hybridized carbons (Fsp3) is 0.185. The maximum Gasteiger partial charge on any atom is 0.267 e. The average Bonchev–Trinajstić information content (AvgIpc) is 3.33. The van der Waals surface area contributed by atoms with Crippen molar-refractivity contribution in [2.24, 2.45) is 7.05 Å². The Morgan fingerprint density at radius 1 is 1.03 bits per heavy atom. The van der Waals surface area contributed by atoms with Crippen LogP contribution in [0, 0.1) is 0 Å². The minimum Gasteiger partial charge on any atom is -0.350 e. The van der Waals surface area contributed by atoms with Crippen LogP contribution in [0.15, 0.2) is 78.9 Å². The minimum atomic E-state index is -0.151. The lowest BCUT2D eigenvalue weighted by atomic mass is 9.98. The highest BCUT2D eigenvalue weighted by atomic mass is 35.5. The third-order valence-electron chi connectivity index (χ3n) is 6.36. The first-order valence-electron chi connectivity index (χ1n) is 11.0. The molecule has 0 radical (unpaired) electrons. The van der Waals surface area contributed by atoms with E-state index in [0.717, 1.165) is 27.6 Å². The third kappa shape index (κ3) is 4.12. The fourth-order valence-electron chi connectivity index (χ4n) is 4.57. The second kappa shape index (κ2) is 8.75. The molecule has 0 spiro atoms. The van der Waals surface area contributed by atoms with Crippen LogP contribution >= 0.6 is 11.6 Å². The number of halogens is 1. The molecule has 4 aromatic rings. The number of benzene rings is 3. The van der Waals surface area contributed by atoms with E-state index in [1.807, 2.05) is 95.4 Å². The summed E-state index contributed by atoms with van der Waals surface area (Å²) in [4.78, 5) is 27.9.